The molecule has 1 atom stereocenters. The van der Waals surface area contributed by atoms with Crippen LogP contribution in [-0.4, -0.2) is 50.7 Å². The summed E-state index contributed by atoms with van der Waals surface area (Å²) in [5.41, 5.74) is 1.76. The third kappa shape index (κ3) is 6.96. The summed E-state index contributed by atoms with van der Waals surface area (Å²) in [6.07, 6.45) is 0.687. The van der Waals surface area contributed by atoms with E-state index in [-0.39, 0.29) is 5.41 Å². The van der Waals surface area contributed by atoms with E-state index in [2.05, 4.69) is 46.8 Å². The average Bonchev–Trinajstić information content (AvgIpc) is 2.52. The summed E-state index contributed by atoms with van der Waals surface area (Å²) in [5, 5.41) is 10.2. The molecule has 1 fully saturated rings. The minimum Gasteiger partial charge on any atom is -0.491 e. The van der Waals surface area contributed by atoms with Gasteiger partial charge in [-0.25, -0.2) is 0 Å². The Labute approximate surface area is 153 Å². The van der Waals surface area contributed by atoms with Gasteiger partial charge in [0.15, 0.2) is 0 Å². The highest BCUT2D eigenvalue weighted by Gasteiger charge is 2.27. The van der Waals surface area contributed by atoms with Crippen LogP contribution in [0.1, 0.15) is 46.6 Å². The van der Waals surface area contributed by atoms with Crippen LogP contribution in [0.25, 0.3) is 0 Å². The van der Waals surface area contributed by atoms with Gasteiger partial charge in [-0.15, -0.1) is 0 Å². The lowest BCUT2D eigenvalue weighted by molar-refractivity contribution is -0.911. The highest BCUT2D eigenvalue weighted by molar-refractivity contribution is 5.31. The first-order valence-electron chi connectivity index (χ1n) is 9.48. The number of aliphatic hydroxyl groups is 1. The molecule has 1 aliphatic heterocycles. The Morgan fingerprint density at radius 1 is 1.08 bits per heavy atom. The standard InChI is InChI=1S/C21H35NO3/c1-20(2,3)16-21(4,5)17-6-8-19(9-7-17)25-15-18(23)14-22-10-12-24-13-11-22/h6-9,18,23H,10-16H2,1-5H3/p+1/t18-/m0/s1. The third-order valence-electron chi connectivity index (χ3n) is 4.77. The lowest BCUT2D eigenvalue weighted by atomic mass is 9.72. The lowest BCUT2D eigenvalue weighted by Crippen LogP contribution is -3.15. The topological polar surface area (TPSA) is 43.1 Å². The van der Waals surface area contributed by atoms with E-state index in [1.165, 1.54) is 10.5 Å². The van der Waals surface area contributed by atoms with Gasteiger partial charge in [-0.3, -0.25) is 0 Å². The molecule has 0 unspecified atom stereocenters. The van der Waals surface area contributed by atoms with E-state index in [0.29, 0.717) is 12.0 Å². The van der Waals surface area contributed by atoms with Crippen molar-refractivity contribution in [2.75, 3.05) is 39.5 Å². The van der Waals surface area contributed by atoms with E-state index in [1.54, 1.807) is 0 Å². The molecule has 25 heavy (non-hydrogen) atoms. The number of ether oxygens (including phenoxy) is 2. The van der Waals surface area contributed by atoms with Crippen LogP contribution in [0.3, 0.4) is 0 Å². The molecular weight excluding hydrogens is 314 g/mol. The lowest BCUT2D eigenvalue weighted by Gasteiger charge is -2.33. The normalized spacial score (nSPS) is 18.2. The predicted molar refractivity (Wildman–Crippen MR) is 101 cm³/mol. The van der Waals surface area contributed by atoms with Crippen LogP contribution in [0.15, 0.2) is 24.3 Å². The highest BCUT2D eigenvalue weighted by atomic mass is 16.5. The van der Waals surface area contributed by atoms with E-state index in [4.69, 9.17) is 9.47 Å². The largest absolute Gasteiger partial charge is 0.491 e. The third-order valence-corrected chi connectivity index (χ3v) is 4.77. The molecule has 0 saturated carbocycles. The Morgan fingerprint density at radius 2 is 1.68 bits per heavy atom. The summed E-state index contributed by atoms with van der Waals surface area (Å²) >= 11 is 0. The van der Waals surface area contributed by atoms with Gasteiger partial charge < -0.3 is 19.5 Å². The van der Waals surface area contributed by atoms with Gasteiger partial charge >= 0.3 is 0 Å². The van der Waals surface area contributed by atoms with Gasteiger partial charge in [-0.05, 0) is 34.9 Å². The van der Waals surface area contributed by atoms with Crippen LogP contribution in [0.5, 0.6) is 5.75 Å². The van der Waals surface area contributed by atoms with E-state index in [0.717, 1.165) is 45.0 Å². The second kappa shape index (κ2) is 8.52. The molecular formula is C21H36NO3+. The minimum absolute atomic E-state index is 0.135. The molecule has 4 heteroatoms. The van der Waals surface area contributed by atoms with Crippen LogP contribution in [0.2, 0.25) is 0 Å². The molecule has 0 aromatic heterocycles. The molecule has 2 N–H and O–H groups in total. The van der Waals surface area contributed by atoms with Crippen molar-refractivity contribution in [2.45, 2.75) is 52.6 Å². The molecule has 0 bridgehead atoms. The van der Waals surface area contributed by atoms with Gasteiger partial charge in [0.05, 0.1) is 13.2 Å². The van der Waals surface area contributed by atoms with Gasteiger partial charge in [0, 0.05) is 0 Å². The van der Waals surface area contributed by atoms with Gasteiger partial charge in [-0.1, -0.05) is 46.8 Å². The smallest absolute Gasteiger partial charge is 0.137 e. The second-order valence-corrected chi connectivity index (χ2v) is 9.18. The Bertz CT molecular complexity index is 513. The minimum atomic E-state index is -0.440. The fraction of sp³-hybridized carbons (Fsp3) is 0.714. The fourth-order valence-corrected chi connectivity index (χ4v) is 3.88. The van der Waals surface area contributed by atoms with Gasteiger partial charge in [-0.2, -0.15) is 0 Å². The summed E-state index contributed by atoms with van der Waals surface area (Å²) in [6.45, 7) is 16.0. The van der Waals surface area contributed by atoms with Gasteiger partial charge in [0.25, 0.3) is 0 Å². The Balaban J connectivity index is 1.83. The molecule has 2 rings (SSSR count). The van der Waals surface area contributed by atoms with E-state index in [1.807, 2.05) is 12.1 Å². The summed E-state index contributed by atoms with van der Waals surface area (Å²) in [5.74, 6) is 0.825. The maximum absolute atomic E-state index is 10.2. The summed E-state index contributed by atoms with van der Waals surface area (Å²) in [6, 6.07) is 8.35. The first kappa shape index (κ1) is 20.2. The van der Waals surface area contributed by atoms with Crippen LogP contribution in [0, 0.1) is 5.41 Å². The number of quaternary nitrogens is 1. The van der Waals surface area contributed by atoms with Crippen molar-refractivity contribution >= 4 is 0 Å². The zero-order valence-corrected chi connectivity index (χ0v) is 16.6. The molecule has 1 aromatic rings. The van der Waals surface area contributed by atoms with E-state index >= 15 is 0 Å². The molecule has 0 aliphatic carbocycles. The highest BCUT2D eigenvalue weighted by Crippen LogP contribution is 2.36. The summed E-state index contributed by atoms with van der Waals surface area (Å²) < 4.78 is 11.1. The first-order chi connectivity index (χ1) is 11.7. The monoisotopic (exact) mass is 350 g/mol. The number of nitrogens with one attached hydrogen (secondary N) is 1. The number of hydrogen-bond donors (Lipinski definition) is 2. The maximum Gasteiger partial charge on any atom is 0.137 e. The Morgan fingerprint density at radius 3 is 2.24 bits per heavy atom. The van der Waals surface area contributed by atoms with Crippen LogP contribution < -0.4 is 9.64 Å². The van der Waals surface area contributed by atoms with Crippen LogP contribution in [-0.2, 0) is 10.2 Å². The van der Waals surface area contributed by atoms with E-state index < -0.39 is 6.10 Å². The molecule has 1 aromatic carbocycles. The maximum atomic E-state index is 10.2. The van der Waals surface area contributed by atoms with Crippen molar-refractivity contribution in [1.29, 1.82) is 0 Å². The molecule has 142 valence electrons. The molecule has 4 nitrogen and oxygen atoms in total. The van der Waals surface area contributed by atoms with E-state index in [9.17, 15) is 5.11 Å². The van der Waals surface area contributed by atoms with Crippen molar-refractivity contribution in [3.8, 4) is 5.75 Å². The number of morpholine rings is 1. The van der Waals surface area contributed by atoms with Gasteiger partial charge in [0.1, 0.15) is 38.1 Å². The Kier molecular flexibility index (Phi) is 6.89. The van der Waals surface area contributed by atoms with Crippen molar-refractivity contribution in [1.82, 2.24) is 0 Å². The van der Waals surface area contributed by atoms with Crippen molar-refractivity contribution in [2.24, 2.45) is 5.41 Å². The van der Waals surface area contributed by atoms with Crippen molar-refractivity contribution < 1.29 is 19.5 Å². The fourth-order valence-electron chi connectivity index (χ4n) is 3.88. The first-order valence-corrected chi connectivity index (χ1v) is 9.48. The van der Waals surface area contributed by atoms with Crippen molar-refractivity contribution in [3.63, 3.8) is 0 Å². The van der Waals surface area contributed by atoms with Gasteiger partial charge in [0.2, 0.25) is 0 Å². The Hall–Kier alpha value is -1.10. The molecule has 0 spiro atoms. The molecule has 0 radical (unpaired) electrons. The number of benzene rings is 1. The summed E-state index contributed by atoms with van der Waals surface area (Å²) in [7, 11) is 0. The number of rotatable bonds is 7. The predicted octanol–water partition coefficient (Wildman–Crippen LogP) is 2.06. The molecule has 0 amide bonds. The zero-order chi connectivity index (χ0) is 18.5. The number of hydrogen-bond acceptors (Lipinski definition) is 3. The second-order valence-electron chi connectivity index (χ2n) is 9.18. The number of aliphatic hydroxyl groups excluding tert-OH is 1. The summed E-state index contributed by atoms with van der Waals surface area (Å²) in [4.78, 5) is 1.39. The molecule has 1 aliphatic rings. The SMILES string of the molecule is CC(C)(C)CC(C)(C)c1ccc(OC[C@@H](O)C[NH+]2CCOCC2)cc1. The van der Waals surface area contributed by atoms with Crippen molar-refractivity contribution in [3.05, 3.63) is 29.8 Å². The van der Waals surface area contributed by atoms with Crippen LogP contribution >= 0.6 is 0 Å². The average molecular weight is 351 g/mol. The molecule has 1 heterocycles. The van der Waals surface area contributed by atoms with Crippen LogP contribution in [0.4, 0.5) is 0 Å². The quantitative estimate of drug-likeness (QED) is 0.791. The molecule has 1 saturated heterocycles. The zero-order valence-electron chi connectivity index (χ0n) is 16.6.